The Morgan fingerprint density at radius 1 is 0.913 bits per heavy atom. The van der Waals surface area contributed by atoms with Crippen LogP contribution in [-0.2, 0) is 12.2 Å². The number of unbranched alkanes of at least 4 members (excludes halogenated alkanes) is 2. The van der Waals surface area contributed by atoms with Crippen molar-refractivity contribution in [2.45, 2.75) is 84.6 Å². The van der Waals surface area contributed by atoms with E-state index in [2.05, 4.69) is 83.7 Å². The maximum atomic E-state index is 3.61. The molecule has 23 heavy (non-hydrogen) atoms. The average molecular weight is 336 g/mol. The third kappa shape index (κ3) is 6.79. The molecule has 0 aliphatic rings. The van der Waals surface area contributed by atoms with Crippen molar-refractivity contribution in [1.29, 1.82) is 0 Å². The van der Waals surface area contributed by atoms with Crippen LogP contribution >= 0.6 is 11.8 Å². The lowest BCUT2D eigenvalue weighted by Gasteiger charge is -2.38. The number of nitrogens with one attached hydrogen (secondary N) is 1. The lowest BCUT2D eigenvalue weighted by molar-refractivity contribution is 0.320. The van der Waals surface area contributed by atoms with Gasteiger partial charge in [0.15, 0.2) is 0 Å². The molecule has 0 amide bonds. The molecule has 1 N–H and O–H groups in total. The maximum absolute atomic E-state index is 3.61. The van der Waals surface area contributed by atoms with Crippen LogP contribution in [0.2, 0.25) is 0 Å². The van der Waals surface area contributed by atoms with Gasteiger partial charge >= 0.3 is 0 Å². The minimum Gasteiger partial charge on any atom is -0.385 e. The SMILES string of the molecule is CCCCCNc1cc(CC)cc(CSC(C)(C)C(C)(C)C)c1. The Morgan fingerprint density at radius 2 is 1.57 bits per heavy atom. The molecule has 0 bridgehead atoms. The van der Waals surface area contributed by atoms with Crippen LogP contribution in [0.25, 0.3) is 0 Å². The van der Waals surface area contributed by atoms with Crippen LogP contribution < -0.4 is 5.32 Å². The molecule has 0 fully saturated rings. The van der Waals surface area contributed by atoms with E-state index in [1.807, 2.05) is 0 Å². The first-order valence-electron chi connectivity index (χ1n) is 9.20. The summed E-state index contributed by atoms with van der Waals surface area (Å²) in [6, 6.07) is 7.04. The van der Waals surface area contributed by atoms with Crippen molar-refractivity contribution in [3.63, 3.8) is 0 Å². The third-order valence-electron chi connectivity index (χ3n) is 4.98. The molecule has 0 heterocycles. The molecule has 0 saturated heterocycles. The Hall–Kier alpha value is -0.630. The van der Waals surface area contributed by atoms with Crippen LogP contribution in [0.4, 0.5) is 5.69 Å². The molecule has 0 aromatic heterocycles. The van der Waals surface area contributed by atoms with Gasteiger partial charge in [0.1, 0.15) is 0 Å². The number of rotatable bonds is 9. The van der Waals surface area contributed by atoms with E-state index < -0.39 is 0 Å². The van der Waals surface area contributed by atoms with Crippen molar-refractivity contribution in [2.24, 2.45) is 5.41 Å². The first kappa shape index (κ1) is 20.4. The van der Waals surface area contributed by atoms with Crippen LogP contribution in [0, 0.1) is 5.41 Å². The number of hydrogen-bond donors (Lipinski definition) is 1. The van der Waals surface area contributed by atoms with E-state index in [9.17, 15) is 0 Å². The van der Waals surface area contributed by atoms with E-state index in [-0.39, 0.29) is 4.75 Å². The van der Waals surface area contributed by atoms with Gasteiger partial charge in [-0.1, -0.05) is 67.4 Å². The Morgan fingerprint density at radius 3 is 2.13 bits per heavy atom. The normalized spacial score (nSPS) is 12.5. The highest BCUT2D eigenvalue weighted by molar-refractivity contribution is 7.99. The Bertz CT molecular complexity index is 471. The molecular weight excluding hydrogens is 298 g/mol. The number of thioether (sulfide) groups is 1. The standard InChI is InChI=1S/C21H37NS/c1-8-10-11-12-22-19-14-17(9-2)13-18(15-19)16-23-21(6,7)20(3,4)5/h13-15,22H,8-12,16H2,1-7H3. The number of benzene rings is 1. The van der Waals surface area contributed by atoms with Gasteiger partial charge < -0.3 is 5.32 Å². The van der Waals surface area contributed by atoms with E-state index in [1.165, 1.54) is 36.1 Å². The van der Waals surface area contributed by atoms with Gasteiger partial charge in [-0.15, -0.1) is 0 Å². The second kappa shape index (κ2) is 9.01. The zero-order valence-corrected chi connectivity index (χ0v) is 17.2. The molecule has 0 atom stereocenters. The predicted molar refractivity (Wildman–Crippen MR) is 109 cm³/mol. The molecule has 1 nitrogen and oxygen atoms in total. The van der Waals surface area contributed by atoms with E-state index in [0.717, 1.165) is 18.7 Å². The van der Waals surface area contributed by atoms with E-state index in [0.29, 0.717) is 5.41 Å². The monoisotopic (exact) mass is 335 g/mol. The summed E-state index contributed by atoms with van der Waals surface area (Å²) in [6.07, 6.45) is 4.95. The van der Waals surface area contributed by atoms with Gasteiger partial charge in [0.25, 0.3) is 0 Å². The highest BCUT2D eigenvalue weighted by atomic mass is 32.2. The van der Waals surface area contributed by atoms with Crippen LogP contribution in [-0.4, -0.2) is 11.3 Å². The first-order valence-corrected chi connectivity index (χ1v) is 10.2. The summed E-state index contributed by atoms with van der Waals surface area (Å²) in [5.41, 5.74) is 4.49. The fourth-order valence-corrected chi connectivity index (χ4v) is 3.37. The highest BCUT2D eigenvalue weighted by Crippen LogP contribution is 2.42. The molecule has 2 heteroatoms. The lowest BCUT2D eigenvalue weighted by atomic mass is 9.83. The summed E-state index contributed by atoms with van der Waals surface area (Å²) >= 11 is 2.07. The smallest absolute Gasteiger partial charge is 0.0345 e. The Labute approximate surface area is 149 Å². The molecule has 0 saturated carbocycles. The quantitative estimate of drug-likeness (QED) is 0.492. The zero-order valence-electron chi connectivity index (χ0n) is 16.4. The summed E-state index contributed by atoms with van der Waals surface area (Å²) in [6.45, 7) is 17.3. The van der Waals surface area contributed by atoms with E-state index >= 15 is 0 Å². The molecular formula is C21H37NS. The van der Waals surface area contributed by atoms with Crippen LogP contribution in [0.5, 0.6) is 0 Å². The summed E-state index contributed by atoms with van der Waals surface area (Å²) in [5.74, 6) is 1.09. The van der Waals surface area contributed by atoms with Crippen molar-refractivity contribution in [3.05, 3.63) is 29.3 Å². The van der Waals surface area contributed by atoms with Crippen molar-refractivity contribution in [2.75, 3.05) is 11.9 Å². The summed E-state index contributed by atoms with van der Waals surface area (Å²) in [7, 11) is 0. The van der Waals surface area contributed by atoms with Gasteiger partial charge in [0.2, 0.25) is 0 Å². The molecule has 1 aromatic rings. The Balaban J connectivity index is 2.74. The fourth-order valence-electron chi connectivity index (χ4n) is 2.24. The molecule has 0 spiro atoms. The topological polar surface area (TPSA) is 12.0 Å². The molecule has 132 valence electrons. The van der Waals surface area contributed by atoms with Crippen LogP contribution in [0.1, 0.15) is 78.9 Å². The molecule has 0 radical (unpaired) electrons. The minimum absolute atomic E-state index is 0.268. The third-order valence-corrected chi connectivity index (χ3v) is 6.79. The molecule has 0 aliphatic carbocycles. The Kier molecular flexibility index (Phi) is 8.00. The average Bonchev–Trinajstić information content (AvgIpc) is 2.48. The molecule has 1 rings (SSSR count). The second-order valence-electron chi connectivity index (χ2n) is 8.07. The molecule has 1 aromatic carbocycles. The molecule has 0 aliphatic heterocycles. The zero-order chi connectivity index (χ0) is 17.5. The maximum Gasteiger partial charge on any atom is 0.0345 e. The van der Waals surface area contributed by atoms with E-state index in [1.54, 1.807) is 0 Å². The van der Waals surface area contributed by atoms with Gasteiger partial charge in [-0.05, 0) is 41.5 Å². The highest BCUT2D eigenvalue weighted by Gasteiger charge is 2.32. The van der Waals surface area contributed by atoms with Crippen molar-refractivity contribution in [1.82, 2.24) is 0 Å². The van der Waals surface area contributed by atoms with Crippen molar-refractivity contribution < 1.29 is 0 Å². The number of hydrogen-bond acceptors (Lipinski definition) is 2. The van der Waals surface area contributed by atoms with Gasteiger partial charge in [-0.2, -0.15) is 11.8 Å². The first-order chi connectivity index (χ1) is 10.7. The summed E-state index contributed by atoms with van der Waals surface area (Å²) < 4.78 is 0.268. The predicted octanol–water partition coefficient (Wildman–Crippen LogP) is 6.91. The van der Waals surface area contributed by atoms with Gasteiger partial charge in [0, 0.05) is 22.7 Å². The summed E-state index contributed by atoms with van der Waals surface area (Å²) in [5, 5.41) is 3.61. The van der Waals surface area contributed by atoms with Crippen LogP contribution in [0.15, 0.2) is 18.2 Å². The lowest BCUT2D eigenvalue weighted by Crippen LogP contribution is -2.33. The van der Waals surface area contributed by atoms with Crippen molar-refractivity contribution >= 4 is 17.4 Å². The minimum atomic E-state index is 0.268. The van der Waals surface area contributed by atoms with Crippen LogP contribution in [0.3, 0.4) is 0 Å². The summed E-state index contributed by atoms with van der Waals surface area (Å²) in [4.78, 5) is 0. The van der Waals surface area contributed by atoms with Crippen molar-refractivity contribution in [3.8, 4) is 0 Å². The fraction of sp³-hybridized carbons (Fsp3) is 0.714. The van der Waals surface area contributed by atoms with Gasteiger partial charge in [-0.25, -0.2) is 0 Å². The molecule has 0 unspecified atom stereocenters. The largest absolute Gasteiger partial charge is 0.385 e. The number of anilines is 1. The van der Waals surface area contributed by atoms with Gasteiger partial charge in [0.05, 0.1) is 0 Å². The second-order valence-corrected chi connectivity index (χ2v) is 9.67. The number of aryl methyl sites for hydroxylation is 1. The van der Waals surface area contributed by atoms with E-state index in [4.69, 9.17) is 0 Å². The van der Waals surface area contributed by atoms with Gasteiger partial charge in [-0.3, -0.25) is 0 Å².